The van der Waals surface area contributed by atoms with Crippen molar-refractivity contribution in [3.05, 3.63) is 0 Å². The first-order chi connectivity index (χ1) is 6.82. The summed E-state index contributed by atoms with van der Waals surface area (Å²) in [5.74, 6) is 0.670. The van der Waals surface area contributed by atoms with E-state index in [0.29, 0.717) is 5.92 Å². The standard InChI is InChI=1S/C11H23BrN2O/c1-8(2)6-10(7-14(4)5)13-11(15)9(3)12/h8-10H,6-7H2,1-5H3,(H,13,15). The van der Waals surface area contributed by atoms with E-state index in [2.05, 4.69) is 40.0 Å². The van der Waals surface area contributed by atoms with E-state index >= 15 is 0 Å². The first kappa shape index (κ1) is 14.9. The minimum Gasteiger partial charge on any atom is -0.351 e. The van der Waals surface area contributed by atoms with Crippen molar-refractivity contribution in [1.82, 2.24) is 10.2 Å². The van der Waals surface area contributed by atoms with Gasteiger partial charge in [-0.1, -0.05) is 29.8 Å². The number of carbonyl (C=O) groups excluding carboxylic acids is 1. The van der Waals surface area contributed by atoms with Crippen LogP contribution in [0.5, 0.6) is 0 Å². The largest absolute Gasteiger partial charge is 0.351 e. The monoisotopic (exact) mass is 278 g/mol. The van der Waals surface area contributed by atoms with Crippen LogP contribution in [0.4, 0.5) is 0 Å². The van der Waals surface area contributed by atoms with Crippen LogP contribution in [0.1, 0.15) is 27.2 Å². The highest BCUT2D eigenvalue weighted by atomic mass is 79.9. The highest BCUT2D eigenvalue weighted by Crippen LogP contribution is 2.07. The highest BCUT2D eigenvalue weighted by molar-refractivity contribution is 9.10. The molecule has 0 saturated carbocycles. The van der Waals surface area contributed by atoms with E-state index in [-0.39, 0.29) is 16.8 Å². The van der Waals surface area contributed by atoms with E-state index in [9.17, 15) is 4.79 Å². The molecule has 0 aliphatic carbocycles. The van der Waals surface area contributed by atoms with Crippen LogP contribution in [0.25, 0.3) is 0 Å². The van der Waals surface area contributed by atoms with Crippen molar-refractivity contribution in [2.75, 3.05) is 20.6 Å². The average Bonchev–Trinajstić information content (AvgIpc) is 2.00. The number of likely N-dealkylation sites (N-methyl/N-ethyl adjacent to an activating group) is 1. The van der Waals surface area contributed by atoms with E-state index in [0.717, 1.165) is 13.0 Å². The lowest BCUT2D eigenvalue weighted by Crippen LogP contribution is -2.44. The van der Waals surface area contributed by atoms with Gasteiger partial charge in [0.15, 0.2) is 0 Å². The minimum atomic E-state index is -0.116. The Morgan fingerprint density at radius 1 is 1.33 bits per heavy atom. The lowest BCUT2D eigenvalue weighted by molar-refractivity contribution is -0.121. The fourth-order valence-corrected chi connectivity index (χ4v) is 1.64. The molecule has 0 spiro atoms. The van der Waals surface area contributed by atoms with Crippen LogP contribution in [-0.4, -0.2) is 42.3 Å². The van der Waals surface area contributed by atoms with E-state index in [1.54, 1.807) is 0 Å². The van der Waals surface area contributed by atoms with Crippen molar-refractivity contribution >= 4 is 21.8 Å². The molecule has 0 aromatic carbocycles. The second kappa shape index (κ2) is 7.23. The fourth-order valence-electron chi connectivity index (χ4n) is 1.50. The molecule has 4 heteroatoms. The number of nitrogens with one attached hydrogen (secondary N) is 1. The van der Waals surface area contributed by atoms with E-state index in [1.165, 1.54) is 0 Å². The lowest BCUT2D eigenvalue weighted by atomic mass is 10.0. The number of carbonyl (C=O) groups is 1. The Morgan fingerprint density at radius 3 is 2.20 bits per heavy atom. The molecule has 1 N–H and O–H groups in total. The van der Waals surface area contributed by atoms with Gasteiger partial charge in [-0.25, -0.2) is 0 Å². The summed E-state index contributed by atoms with van der Waals surface area (Å²) in [7, 11) is 4.05. The first-order valence-corrected chi connectivity index (χ1v) is 6.33. The fraction of sp³-hybridized carbons (Fsp3) is 0.909. The van der Waals surface area contributed by atoms with Crippen LogP contribution in [0.3, 0.4) is 0 Å². The summed E-state index contributed by atoms with van der Waals surface area (Å²) in [6.45, 7) is 7.08. The van der Waals surface area contributed by atoms with Crippen LogP contribution < -0.4 is 5.32 Å². The molecule has 0 saturated heterocycles. The zero-order valence-electron chi connectivity index (χ0n) is 10.4. The predicted molar refractivity (Wildman–Crippen MR) is 68.3 cm³/mol. The number of rotatable bonds is 6. The molecule has 0 fully saturated rings. The Hall–Kier alpha value is -0.0900. The molecule has 0 aromatic heterocycles. The molecule has 3 nitrogen and oxygen atoms in total. The maximum atomic E-state index is 11.5. The average molecular weight is 279 g/mol. The Kier molecular flexibility index (Phi) is 7.18. The topological polar surface area (TPSA) is 32.3 Å². The van der Waals surface area contributed by atoms with E-state index in [1.807, 2.05) is 21.0 Å². The van der Waals surface area contributed by atoms with Gasteiger partial charge in [0, 0.05) is 12.6 Å². The quantitative estimate of drug-likeness (QED) is 0.753. The van der Waals surface area contributed by atoms with Gasteiger partial charge < -0.3 is 10.2 Å². The van der Waals surface area contributed by atoms with Gasteiger partial charge in [-0.15, -0.1) is 0 Å². The first-order valence-electron chi connectivity index (χ1n) is 5.42. The second-order valence-electron chi connectivity index (χ2n) is 4.71. The van der Waals surface area contributed by atoms with Crippen molar-refractivity contribution < 1.29 is 4.79 Å². The predicted octanol–water partition coefficient (Wildman–Crippen LogP) is 1.86. The van der Waals surface area contributed by atoms with Crippen LogP contribution in [0.2, 0.25) is 0 Å². The second-order valence-corrected chi connectivity index (χ2v) is 6.09. The van der Waals surface area contributed by atoms with E-state index in [4.69, 9.17) is 0 Å². The maximum Gasteiger partial charge on any atom is 0.233 e. The number of alkyl halides is 1. The third-order valence-electron chi connectivity index (χ3n) is 2.05. The number of hydrogen-bond donors (Lipinski definition) is 1. The Bertz CT molecular complexity index is 183. The number of amides is 1. The van der Waals surface area contributed by atoms with Gasteiger partial charge in [-0.2, -0.15) is 0 Å². The maximum absolute atomic E-state index is 11.5. The van der Waals surface area contributed by atoms with Gasteiger partial charge in [0.2, 0.25) is 5.91 Å². The summed E-state index contributed by atoms with van der Waals surface area (Å²) in [6.07, 6.45) is 1.02. The van der Waals surface area contributed by atoms with Crippen LogP contribution in [0, 0.1) is 5.92 Å². The molecule has 0 aliphatic heterocycles. The Balaban J connectivity index is 4.17. The van der Waals surface area contributed by atoms with Crippen molar-refractivity contribution in [2.45, 2.75) is 38.1 Å². The molecule has 0 aliphatic rings. The molecule has 0 radical (unpaired) electrons. The van der Waals surface area contributed by atoms with Gasteiger partial charge >= 0.3 is 0 Å². The van der Waals surface area contributed by atoms with Gasteiger partial charge in [0.25, 0.3) is 0 Å². The van der Waals surface area contributed by atoms with Crippen molar-refractivity contribution in [2.24, 2.45) is 5.92 Å². The zero-order valence-corrected chi connectivity index (χ0v) is 12.0. The third-order valence-corrected chi connectivity index (χ3v) is 2.46. The zero-order chi connectivity index (χ0) is 12.0. The van der Waals surface area contributed by atoms with E-state index < -0.39 is 0 Å². The number of hydrogen-bond acceptors (Lipinski definition) is 2. The van der Waals surface area contributed by atoms with Crippen molar-refractivity contribution in [3.8, 4) is 0 Å². The van der Waals surface area contributed by atoms with Gasteiger partial charge in [-0.05, 0) is 33.4 Å². The molecule has 0 aromatic rings. The Labute approximate surface area is 102 Å². The lowest BCUT2D eigenvalue weighted by Gasteiger charge is -2.24. The van der Waals surface area contributed by atoms with Gasteiger partial charge in [0.05, 0.1) is 4.83 Å². The van der Waals surface area contributed by atoms with Crippen LogP contribution in [-0.2, 0) is 4.79 Å². The number of nitrogens with zero attached hydrogens (tertiary/aromatic N) is 1. The van der Waals surface area contributed by atoms with Crippen molar-refractivity contribution in [3.63, 3.8) is 0 Å². The molecule has 15 heavy (non-hydrogen) atoms. The molecule has 2 unspecified atom stereocenters. The smallest absolute Gasteiger partial charge is 0.233 e. The van der Waals surface area contributed by atoms with Crippen molar-refractivity contribution in [1.29, 1.82) is 0 Å². The SMILES string of the molecule is CC(C)CC(CN(C)C)NC(=O)C(C)Br. The third kappa shape index (κ3) is 7.79. The summed E-state index contributed by atoms with van der Waals surface area (Å²) < 4.78 is 0. The summed E-state index contributed by atoms with van der Waals surface area (Å²) in [4.78, 5) is 13.5. The summed E-state index contributed by atoms with van der Waals surface area (Å²) in [5, 5.41) is 3.05. The molecular weight excluding hydrogens is 256 g/mol. The molecule has 0 heterocycles. The van der Waals surface area contributed by atoms with Gasteiger partial charge in [-0.3, -0.25) is 4.79 Å². The molecule has 0 rings (SSSR count). The molecule has 1 amide bonds. The van der Waals surface area contributed by atoms with Crippen LogP contribution >= 0.6 is 15.9 Å². The molecular formula is C11H23BrN2O. The van der Waals surface area contributed by atoms with Crippen LogP contribution in [0.15, 0.2) is 0 Å². The molecule has 0 bridgehead atoms. The summed E-state index contributed by atoms with van der Waals surface area (Å²) in [5.41, 5.74) is 0. The Morgan fingerprint density at radius 2 is 1.87 bits per heavy atom. The summed E-state index contributed by atoms with van der Waals surface area (Å²) in [6, 6.07) is 0.243. The highest BCUT2D eigenvalue weighted by Gasteiger charge is 2.17. The number of halogens is 1. The molecule has 2 atom stereocenters. The molecule has 90 valence electrons. The summed E-state index contributed by atoms with van der Waals surface area (Å²) >= 11 is 3.28. The minimum absolute atomic E-state index is 0.0718. The van der Waals surface area contributed by atoms with Gasteiger partial charge in [0.1, 0.15) is 0 Å². The normalized spacial score (nSPS) is 15.5.